The number of quaternary nitrogens is 1. The number of carboxylic acids is 1. The number of rotatable bonds is 57. The summed E-state index contributed by atoms with van der Waals surface area (Å²) in [7, 11) is 5.90. The number of allylic oxidation sites excluding steroid dienone is 28. The maximum absolute atomic E-state index is 12.9. The van der Waals surface area contributed by atoms with Crippen LogP contribution in [0.3, 0.4) is 0 Å². The van der Waals surface area contributed by atoms with E-state index in [0.29, 0.717) is 23.9 Å². The van der Waals surface area contributed by atoms with E-state index in [1.165, 1.54) is 32.1 Å². The third-order valence-corrected chi connectivity index (χ3v) is 13.0. The molecule has 0 aromatic carbocycles. The summed E-state index contributed by atoms with van der Waals surface area (Å²) in [5.41, 5.74) is 0. The van der Waals surface area contributed by atoms with Crippen molar-refractivity contribution in [3.05, 3.63) is 170 Å². The standard InChI is InChI=1S/C74H117NO8/c1-6-8-10-12-14-16-18-20-22-24-26-28-30-32-34-35-36-37-39-41-43-45-47-49-51-53-55-57-59-61-63-65-72(77)83-70(69-82-74(73(78)79)80-67-66-75(3,4)5)68-81-71(76)64-62-60-58-56-54-52-50-48-46-44-42-40-38-33-31-29-27-25-23-21-19-17-15-13-11-9-7-2/h8-11,14-17,20-23,26-29,32-34,36-38,41-44,48,50,70,74H,6-7,12-13,18-19,24-25,30-31,35,39-40,45-47,49,51-69H2,1-5H3/b10-8-,11-9-,16-14-,17-15-,22-20-,23-21-,28-26-,29-27-,34-32-,37-36-,38-33-,43-41-,44-42-,50-48-. The van der Waals surface area contributed by atoms with Gasteiger partial charge < -0.3 is 33.3 Å². The van der Waals surface area contributed by atoms with Crippen LogP contribution in [0.25, 0.3) is 0 Å². The van der Waals surface area contributed by atoms with Gasteiger partial charge in [0.25, 0.3) is 0 Å². The first-order valence-corrected chi connectivity index (χ1v) is 32.3. The number of carbonyl (C=O) groups is 3. The number of unbranched alkanes of at least 4 members (excludes halogenated alkanes) is 14. The Bertz CT molecular complexity index is 1960. The Labute approximate surface area is 507 Å². The second-order valence-corrected chi connectivity index (χ2v) is 21.9. The largest absolute Gasteiger partial charge is 0.545 e. The summed E-state index contributed by atoms with van der Waals surface area (Å²) in [6, 6.07) is 0. The number of hydrogen-bond acceptors (Lipinski definition) is 8. The van der Waals surface area contributed by atoms with Gasteiger partial charge in [-0.25, -0.2) is 0 Å². The lowest BCUT2D eigenvalue weighted by molar-refractivity contribution is -0.870. The van der Waals surface area contributed by atoms with Crippen molar-refractivity contribution < 1.29 is 42.9 Å². The normalized spacial score (nSPS) is 13.9. The summed E-state index contributed by atoms with van der Waals surface area (Å²) >= 11 is 0. The molecule has 0 aliphatic heterocycles. The molecule has 0 aromatic rings. The topological polar surface area (TPSA) is 111 Å². The molecule has 0 spiro atoms. The Kier molecular flexibility index (Phi) is 58.6. The Balaban J connectivity index is 4.30. The molecular weight excluding hydrogens is 1030 g/mol. The Morgan fingerprint density at radius 2 is 0.651 bits per heavy atom. The zero-order chi connectivity index (χ0) is 60.5. The van der Waals surface area contributed by atoms with Gasteiger partial charge in [0.1, 0.15) is 13.2 Å². The highest BCUT2D eigenvalue weighted by Gasteiger charge is 2.22. The summed E-state index contributed by atoms with van der Waals surface area (Å²) < 4.78 is 22.7. The molecule has 0 fully saturated rings. The first-order valence-electron chi connectivity index (χ1n) is 32.3. The van der Waals surface area contributed by atoms with Crippen molar-refractivity contribution in [2.45, 2.75) is 232 Å². The Hall–Kier alpha value is -5.35. The molecule has 0 saturated heterocycles. The molecule has 0 N–H and O–H groups in total. The van der Waals surface area contributed by atoms with Crippen molar-refractivity contribution in [2.75, 3.05) is 47.5 Å². The van der Waals surface area contributed by atoms with E-state index in [4.69, 9.17) is 18.9 Å². The fraction of sp³-hybridized carbons (Fsp3) is 0.581. The number of nitrogens with zero attached hydrogens (tertiary/aromatic N) is 1. The van der Waals surface area contributed by atoms with Crippen LogP contribution in [0.2, 0.25) is 0 Å². The maximum Gasteiger partial charge on any atom is 0.306 e. The molecule has 9 nitrogen and oxygen atoms in total. The molecule has 2 atom stereocenters. The lowest BCUT2D eigenvalue weighted by Crippen LogP contribution is -2.44. The van der Waals surface area contributed by atoms with Crippen LogP contribution in [-0.2, 0) is 33.3 Å². The molecular formula is C74H117NO8. The van der Waals surface area contributed by atoms with Gasteiger partial charge in [0.2, 0.25) is 0 Å². The van der Waals surface area contributed by atoms with E-state index >= 15 is 0 Å². The highest BCUT2D eigenvalue weighted by molar-refractivity contribution is 5.70. The predicted octanol–water partition coefficient (Wildman–Crippen LogP) is 18.6. The van der Waals surface area contributed by atoms with Gasteiger partial charge in [0, 0.05) is 12.8 Å². The van der Waals surface area contributed by atoms with Crippen molar-refractivity contribution in [2.24, 2.45) is 0 Å². The molecule has 83 heavy (non-hydrogen) atoms. The molecule has 0 radical (unpaired) electrons. The molecule has 0 aliphatic carbocycles. The molecule has 0 rings (SSSR count). The number of aliphatic carboxylic acids is 1. The quantitative estimate of drug-likeness (QED) is 0.0195. The third-order valence-electron chi connectivity index (χ3n) is 13.0. The van der Waals surface area contributed by atoms with Gasteiger partial charge in [-0.05, 0) is 128 Å². The van der Waals surface area contributed by atoms with Gasteiger partial charge in [0.05, 0.1) is 40.3 Å². The summed E-state index contributed by atoms with van der Waals surface area (Å²) in [4.78, 5) is 37.4. The van der Waals surface area contributed by atoms with Crippen LogP contribution in [0.1, 0.15) is 219 Å². The van der Waals surface area contributed by atoms with Crippen molar-refractivity contribution in [3.8, 4) is 0 Å². The summed E-state index contributed by atoms with van der Waals surface area (Å²) in [6.07, 6.45) is 91.2. The lowest BCUT2D eigenvalue weighted by atomic mass is 10.1. The monoisotopic (exact) mass is 1150 g/mol. The molecule has 0 heterocycles. The van der Waals surface area contributed by atoms with Gasteiger partial charge >= 0.3 is 11.9 Å². The second kappa shape index (κ2) is 62.7. The van der Waals surface area contributed by atoms with E-state index in [9.17, 15) is 19.5 Å². The van der Waals surface area contributed by atoms with Crippen molar-refractivity contribution in [3.63, 3.8) is 0 Å². The van der Waals surface area contributed by atoms with Crippen LogP contribution in [0, 0.1) is 0 Å². The smallest absolute Gasteiger partial charge is 0.306 e. The molecule has 0 amide bonds. The molecule has 466 valence electrons. The van der Waals surface area contributed by atoms with Crippen LogP contribution in [-0.4, -0.2) is 82.3 Å². The minimum Gasteiger partial charge on any atom is -0.545 e. The first-order chi connectivity index (χ1) is 40.6. The molecule has 0 bridgehead atoms. The number of carbonyl (C=O) groups excluding carboxylic acids is 3. The van der Waals surface area contributed by atoms with Gasteiger partial charge in [-0.15, -0.1) is 0 Å². The molecule has 0 saturated carbocycles. The highest BCUT2D eigenvalue weighted by atomic mass is 16.7. The van der Waals surface area contributed by atoms with Crippen molar-refractivity contribution in [1.82, 2.24) is 0 Å². The summed E-state index contributed by atoms with van der Waals surface area (Å²) in [6.45, 7) is 4.46. The van der Waals surface area contributed by atoms with E-state index in [1.54, 1.807) is 0 Å². The zero-order valence-corrected chi connectivity index (χ0v) is 53.0. The van der Waals surface area contributed by atoms with Gasteiger partial charge in [-0.1, -0.05) is 248 Å². The van der Waals surface area contributed by atoms with Crippen LogP contribution in [0.5, 0.6) is 0 Å². The number of likely N-dealkylation sites (N-methyl/N-ethyl adjacent to an activating group) is 1. The number of carboxylic acid groups (broad SMARTS) is 1. The van der Waals surface area contributed by atoms with Crippen molar-refractivity contribution in [1.29, 1.82) is 0 Å². The molecule has 9 heteroatoms. The fourth-order valence-electron chi connectivity index (χ4n) is 8.08. The number of esters is 2. The summed E-state index contributed by atoms with van der Waals surface area (Å²) in [5, 5.41) is 11.8. The van der Waals surface area contributed by atoms with Crippen LogP contribution in [0.15, 0.2) is 170 Å². The third kappa shape index (κ3) is 64.1. The molecule has 2 unspecified atom stereocenters. The summed E-state index contributed by atoms with van der Waals surface area (Å²) in [5.74, 6) is -2.34. The minimum atomic E-state index is -1.64. The van der Waals surface area contributed by atoms with E-state index < -0.39 is 24.3 Å². The molecule has 0 aromatic heterocycles. The van der Waals surface area contributed by atoms with E-state index in [2.05, 4.69) is 184 Å². The lowest BCUT2D eigenvalue weighted by Gasteiger charge is -2.26. The average molecular weight is 1150 g/mol. The van der Waals surface area contributed by atoms with Gasteiger partial charge in [-0.3, -0.25) is 9.59 Å². The van der Waals surface area contributed by atoms with Gasteiger partial charge in [-0.2, -0.15) is 0 Å². The van der Waals surface area contributed by atoms with E-state index in [0.717, 1.165) is 148 Å². The maximum atomic E-state index is 12.9. The number of ether oxygens (including phenoxy) is 4. The van der Waals surface area contributed by atoms with E-state index in [-0.39, 0.29) is 38.6 Å². The first kappa shape index (κ1) is 77.7. The Morgan fingerprint density at radius 1 is 0.361 bits per heavy atom. The second-order valence-electron chi connectivity index (χ2n) is 21.9. The fourth-order valence-corrected chi connectivity index (χ4v) is 8.08. The van der Waals surface area contributed by atoms with Crippen LogP contribution >= 0.6 is 0 Å². The Morgan fingerprint density at radius 3 is 0.964 bits per heavy atom. The highest BCUT2D eigenvalue weighted by Crippen LogP contribution is 2.14. The van der Waals surface area contributed by atoms with Crippen LogP contribution in [0.4, 0.5) is 0 Å². The molecule has 0 aliphatic rings. The van der Waals surface area contributed by atoms with Crippen LogP contribution < -0.4 is 5.11 Å². The van der Waals surface area contributed by atoms with Gasteiger partial charge in [0.15, 0.2) is 12.4 Å². The SMILES string of the molecule is CC/C=C\C/C=C\C/C=C\C/C=C\C/C=C\C/C=C\C/C=C\CCCCCCCCCCCC(=O)OC(COC(=O)CCCCCCC/C=C\C/C=C\C/C=C\C/C=C\C/C=C\C/C=C\C/C=C\CC)COC(OCC[N+](C)(C)C)C(=O)[O-]. The van der Waals surface area contributed by atoms with E-state index in [1.807, 2.05) is 21.1 Å². The number of hydrogen-bond donors (Lipinski definition) is 0. The zero-order valence-electron chi connectivity index (χ0n) is 53.0. The minimum absolute atomic E-state index is 0.133. The predicted molar refractivity (Wildman–Crippen MR) is 351 cm³/mol. The van der Waals surface area contributed by atoms with Crippen molar-refractivity contribution >= 4 is 17.9 Å². The average Bonchev–Trinajstić information content (AvgIpc) is 3.46.